The molecule has 112 valence electrons. The Morgan fingerprint density at radius 2 is 1.85 bits per heavy atom. The molecule has 1 aromatic rings. The normalized spacial score (nSPS) is 11.1. The fraction of sp³-hybridized carbons (Fsp3) is 0.562. The number of methoxy groups -OCH3 is 2. The highest BCUT2D eigenvalue weighted by Gasteiger charge is 2.17. The second kappa shape index (κ2) is 7.17. The Morgan fingerprint density at radius 1 is 1.20 bits per heavy atom. The van der Waals surface area contributed by atoms with Crippen molar-refractivity contribution in [2.45, 2.75) is 45.6 Å². The average Bonchev–Trinajstić information content (AvgIpc) is 2.44. The van der Waals surface area contributed by atoms with Gasteiger partial charge in [0.2, 0.25) is 5.91 Å². The van der Waals surface area contributed by atoms with Crippen LogP contribution in [-0.2, 0) is 11.2 Å². The summed E-state index contributed by atoms with van der Waals surface area (Å²) >= 11 is 0. The first kappa shape index (κ1) is 16.3. The summed E-state index contributed by atoms with van der Waals surface area (Å²) in [4.78, 5) is 11.9. The van der Waals surface area contributed by atoms with Crippen molar-refractivity contribution in [3.05, 3.63) is 23.8 Å². The Hall–Kier alpha value is -1.71. The van der Waals surface area contributed by atoms with Gasteiger partial charge in [-0.1, -0.05) is 13.0 Å². The van der Waals surface area contributed by atoms with Crippen molar-refractivity contribution in [3.8, 4) is 11.5 Å². The zero-order chi connectivity index (χ0) is 15.2. The van der Waals surface area contributed by atoms with E-state index in [2.05, 4.69) is 12.2 Å². The molecule has 4 heteroatoms. The molecule has 0 aromatic heterocycles. The van der Waals surface area contributed by atoms with Crippen LogP contribution in [-0.4, -0.2) is 25.7 Å². The molecule has 4 nitrogen and oxygen atoms in total. The van der Waals surface area contributed by atoms with Crippen LogP contribution >= 0.6 is 0 Å². The fourth-order valence-corrected chi connectivity index (χ4v) is 1.82. The van der Waals surface area contributed by atoms with Crippen LogP contribution in [0, 0.1) is 0 Å². The Kier molecular flexibility index (Phi) is 5.86. The summed E-state index contributed by atoms with van der Waals surface area (Å²) in [7, 11) is 3.22. The third-order valence-electron chi connectivity index (χ3n) is 3.45. The highest BCUT2D eigenvalue weighted by atomic mass is 16.5. The largest absolute Gasteiger partial charge is 0.493 e. The van der Waals surface area contributed by atoms with Crippen LogP contribution in [0.3, 0.4) is 0 Å². The number of aryl methyl sites for hydroxylation is 1. The lowest BCUT2D eigenvalue weighted by Gasteiger charge is -2.24. The highest BCUT2D eigenvalue weighted by molar-refractivity contribution is 5.77. The summed E-state index contributed by atoms with van der Waals surface area (Å²) in [6.07, 6.45) is 2.07. The first-order valence-electron chi connectivity index (χ1n) is 6.93. The number of benzene rings is 1. The summed E-state index contributed by atoms with van der Waals surface area (Å²) in [6, 6.07) is 5.73. The zero-order valence-corrected chi connectivity index (χ0v) is 13.1. The van der Waals surface area contributed by atoms with Crippen LogP contribution in [0.1, 0.15) is 39.2 Å². The van der Waals surface area contributed by atoms with Gasteiger partial charge in [-0.2, -0.15) is 0 Å². The molecule has 20 heavy (non-hydrogen) atoms. The molecule has 0 aliphatic heterocycles. The summed E-state index contributed by atoms with van der Waals surface area (Å²) in [5.74, 6) is 1.47. The summed E-state index contributed by atoms with van der Waals surface area (Å²) in [6.45, 7) is 6.12. The van der Waals surface area contributed by atoms with Crippen molar-refractivity contribution in [3.63, 3.8) is 0 Å². The molecule has 0 bridgehead atoms. The molecular formula is C16H25NO3. The van der Waals surface area contributed by atoms with Crippen molar-refractivity contribution >= 4 is 5.91 Å². The van der Waals surface area contributed by atoms with Gasteiger partial charge in [0.15, 0.2) is 11.5 Å². The van der Waals surface area contributed by atoms with Gasteiger partial charge in [0, 0.05) is 12.0 Å². The number of amides is 1. The second-order valence-electron chi connectivity index (χ2n) is 5.47. The molecule has 0 saturated heterocycles. The van der Waals surface area contributed by atoms with E-state index in [1.54, 1.807) is 14.2 Å². The third kappa shape index (κ3) is 4.76. The molecule has 1 N–H and O–H groups in total. The maximum atomic E-state index is 11.9. The molecule has 0 aliphatic rings. The summed E-state index contributed by atoms with van der Waals surface area (Å²) in [5, 5.41) is 3.03. The van der Waals surface area contributed by atoms with Gasteiger partial charge >= 0.3 is 0 Å². The molecule has 0 aliphatic carbocycles. The standard InChI is InChI=1S/C16H25NO3/c1-6-16(2,3)17-15(18)10-8-12-7-9-13(19-4)14(11-12)20-5/h7,9,11H,6,8,10H2,1-5H3,(H,17,18). The Morgan fingerprint density at radius 3 is 2.40 bits per heavy atom. The van der Waals surface area contributed by atoms with E-state index in [1.807, 2.05) is 32.0 Å². The monoisotopic (exact) mass is 279 g/mol. The Bertz CT molecular complexity index is 455. The fourth-order valence-electron chi connectivity index (χ4n) is 1.82. The minimum Gasteiger partial charge on any atom is -0.493 e. The van der Waals surface area contributed by atoms with Gasteiger partial charge < -0.3 is 14.8 Å². The van der Waals surface area contributed by atoms with Crippen LogP contribution in [0.15, 0.2) is 18.2 Å². The first-order chi connectivity index (χ1) is 9.41. The van der Waals surface area contributed by atoms with Gasteiger partial charge in [-0.25, -0.2) is 0 Å². The molecule has 1 amide bonds. The van der Waals surface area contributed by atoms with Crippen molar-refractivity contribution in [1.82, 2.24) is 5.32 Å². The lowest BCUT2D eigenvalue weighted by Crippen LogP contribution is -2.42. The van der Waals surface area contributed by atoms with Crippen molar-refractivity contribution < 1.29 is 14.3 Å². The zero-order valence-electron chi connectivity index (χ0n) is 13.1. The van der Waals surface area contributed by atoms with Crippen molar-refractivity contribution in [2.75, 3.05) is 14.2 Å². The van der Waals surface area contributed by atoms with Gasteiger partial charge in [0.25, 0.3) is 0 Å². The van der Waals surface area contributed by atoms with E-state index in [-0.39, 0.29) is 11.4 Å². The van der Waals surface area contributed by atoms with E-state index in [1.165, 1.54) is 0 Å². The average molecular weight is 279 g/mol. The van der Waals surface area contributed by atoms with Crippen LogP contribution in [0.4, 0.5) is 0 Å². The molecular weight excluding hydrogens is 254 g/mol. The number of carbonyl (C=O) groups is 1. The Labute approximate surface area is 121 Å². The molecule has 0 fully saturated rings. The molecule has 0 radical (unpaired) electrons. The molecule has 0 spiro atoms. The smallest absolute Gasteiger partial charge is 0.220 e. The first-order valence-corrected chi connectivity index (χ1v) is 6.93. The van der Waals surface area contributed by atoms with Crippen LogP contribution in [0.25, 0.3) is 0 Å². The maximum Gasteiger partial charge on any atom is 0.220 e. The lowest BCUT2D eigenvalue weighted by molar-refractivity contribution is -0.122. The number of carbonyl (C=O) groups excluding carboxylic acids is 1. The van der Waals surface area contributed by atoms with Crippen molar-refractivity contribution in [1.29, 1.82) is 0 Å². The van der Waals surface area contributed by atoms with E-state index < -0.39 is 0 Å². The number of nitrogens with one attached hydrogen (secondary N) is 1. The van der Waals surface area contributed by atoms with Gasteiger partial charge in [0.1, 0.15) is 0 Å². The van der Waals surface area contributed by atoms with Gasteiger partial charge in [0.05, 0.1) is 14.2 Å². The van der Waals surface area contributed by atoms with Gasteiger partial charge in [-0.05, 0) is 44.4 Å². The molecule has 0 saturated carbocycles. The van der Waals surface area contributed by atoms with Crippen LogP contribution in [0.5, 0.6) is 11.5 Å². The highest BCUT2D eigenvalue weighted by Crippen LogP contribution is 2.27. The summed E-state index contributed by atoms with van der Waals surface area (Å²) in [5.41, 5.74) is 0.918. The van der Waals surface area contributed by atoms with Crippen molar-refractivity contribution in [2.24, 2.45) is 0 Å². The molecule has 1 rings (SSSR count). The van der Waals surface area contributed by atoms with Gasteiger partial charge in [-0.3, -0.25) is 4.79 Å². The predicted octanol–water partition coefficient (Wildman–Crippen LogP) is 2.94. The van der Waals surface area contributed by atoms with E-state index in [9.17, 15) is 4.79 Å². The topological polar surface area (TPSA) is 47.6 Å². The SMILES string of the molecule is CCC(C)(C)NC(=O)CCc1ccc(OC)c(OC)c1. The number of ether oxygens (including phenoxy) is 2. The van der Waals surface area contributed by atoms with Gasteiger partial charge in [-0.15, -0.1) is 0 Å². The minimum absolute atomic E-state index is 0.0756. The predicted molar refractivity (Wildman–Crippen MR) is 80.4 cm³/mol. The quantitative estimate of drug-likeness (QED) is 0.834. The molecule has 0 atom stereocenters. The lowest BCUT2D eigenvalue weighted by atomic mass is 10.0. The van der Waals surface area contributed by atoms with Crippen LogP contribution < -0.4 is 14.8 Å². The number of rotatable bonds is 7. The molecule has 1 aromatic carbocycles. The molecule has 0 heterocycles. The Balaban J connectivity index is 2.60. The third-order valence-corrected chi connectivity index (χ3v) is 3.45. The van der Waals surface area contributed by atoms with E-state index in [4.69, 9.17) is 9.47 Å². The minimum atomic E-state index is -0.144. The van der Waals surface area contributed by atoms with Crippen LogP contribution in [0.2, 0.25) is 0 Å². The second-order valence-corrected chi connectivity index (χ2v) is 5.47. The number of hydrogen-bond donors (Lipinski definition) is 1. The molecule has 0 unspecified atom stereocenters. The number of hydrogen-bond acceptors (Lipinski definition) is 3. The van der Waals surface area contributed by atoms with E-state index in [0.29, 0.717) is 24.3 Å². The van der Waals surface area contributed by atoms with E-state index >= 15 is 0 Å². The summed E-state index contributed by atoms with van der Waals surface area (Å²) < 4.78 is 10.4. The maximum absolute atomic E-state index is 11.9. The van der Waals surface area contributed by atoms with E-state index in [0.717, 1.165) is 12.0 Å².